The average Bonchev–Trinajstić information content (AvgIpc) is 3.17. The summed E-state index contributed by atoms with van der Waals surface area (Å²) in [6, 6.07) is 28.9. The highest BCUT2D eigenvalue weighted by Crippen LogP contribution is 2.40. The zero-order valence-corrected chi connectivity index (χ0v) is 30.7. The van der Waals surface area contributed by atoms with Gasteiger partial charge in [-0.25, -0.2) is 23.5 Å². The molecule has 0 aliphatic carbocycles. The Hall–Kier alpha value is -5.68. The Morgan fingerprint density at radius 3 is 2.00 bits per heavy atom. The molecule has 3 heterocycles. The number of rotatable bonds is 8. The van der Waals surface area contributed by atoms with Crippen molar-refractivity contribution in [1.29, 1.82) is 0 Å². The van der Waals surface area contributed by atoms with Crippen molar-refractivity contribution >= 4 is 29.4 Å². The summed E-state index contributed by atoms with van der Waals surface area (Å²) in [7, 11) is 0. The lowest BCUT2D eigenvalue weighted by molar-refractivity contribution is 0.0943. The number of urea groups is 1. The third-order valence-electron chi connectivity index (χ3n) is 9.33. The predicted octanol–water partition coefficient (Wildman–Crippen LogP) is 8.17. The molecule has 53 heavy (non-hydrogen) atoms. The number of halogens is 2. The number of aryl methyl sites for hydroxylation is 1. The van der Waals surface area contributed by atoms with Crippen molar-refractivity contribution in [3.8, 4) is 11.3 Å². The number of amides is 3. The van der Waals surface area contributed by atoms with Gasteiger partial charge in [-0.2, -0.15) is 4.98 Å². The average molecular weight is 718 g/mol. The van der Waals surface area contributed by atoms with Crippen LogP contribution in [0.1, 0.15) is 66.3 Å². The number of fused-ring (bicyclic) bond motifs is 1. The van der Waals surface area contributed by atoms with Crippen LogP contribution in [0.15, 0.2) is 97.1 Å². The third kappa shape index (κ3) is 7.75. The molecular formula is C42H45F2N7O2. The van der Waals surface area contributed by atoms with E-state index in [1.807, 2.05) is 82.0 Å². The SMILES string of the molecule is CC.Cc1ccc(C(=O)NC(C)C)cc1-c1nc(N2CCN(C(c3ccccc3)c3ccccc3)CC2)nc2c1CNC(=O)N2c1c(F)cccc1F. The zero-order chi connectivity index (χ0) is 37.6. The largest absolute Gasteiger partial charge is 0.350 e. The minimum absolute atomic E-state index is 0.0296. The number of hydrogen-bond acceptors (Lipinski definition) is 6. The molecule has 0 unspecified atom stereocenters. The van der Waals surface area contributed by atoms with E-state index in [-0.39, 0.29) is 30.4 Å². The van der Waals surface area contributed by atoms with Gasteiger partial charge in [0.1, 0.15) is 17.3 Å². The highest BCUT2D eigenvalue weighted by atomic mass is 19.1. The fourth-order valence-corrected chi connectivity index (χ4v) is 6.85. The number of para-hydroxylation sites is 1. The molecule has 1 fully saturated rings. The first-order valence-electron chi connectivity index (χ1n) is 18.1. The fourth-order valence-electron chi connectivity index (χ4n) is 6.85. The maximum atomic E-state index is 15.3. The van der Waals surface area contributed by atoms with E-state index in [0.717, 1.165) is 22.6 Å². The number of benzene rings is 4. The molecule has 4 aromatic carbocycles. The number of nitrogens with one attached hydrogen (secondary N) is 2. The van der Waals surface area contributed by atoms with E-state index in [1.165, 1.54) is 17.2 Å². The summed E-state index contributed by atoms with van der Waals surface area (Å²) in [5, 5.41) is 5.69. The number of hydrogen-bond donors (Lipinski definition) is 2. The Balaban J connectivity index is 0.00000236. The van der Waals surface area contributed by atoms with Crippen LogP contribution in [-0.2, 0) is 6.54 Å². The summed E-state index contributed by atoms with van der Waals surface area (Å²) in [4.78, 5) is 41.9. The van der Waals surface area contributed by atoms with E-state index in [4.69, 9.17) is 9.97 Å². The number of carbonyl (C=O) groups is 2. The molecule has 1 saturated heterocycles. The monoisotopic (exact) mass is 717 g/mol. The Kier molecular flexibility index (Phi) is 11.4. The minimum Gasteiger partial charge on any atom is -0.350 e. The second kappa shape index (κ2) is 16.3. The van der Waals surface area contributed by atoms with Crippen LogP contribution in [0, 0.1) is 18.6 Å². The highest BCUT2D eigenvalue weighted by Gasteiger charge is 2.36. The Morgan fingerprint density at radius 1 is 0.811 bits per heavy atom. The van der Waals surface area contributed by atoms with Crippen molar-refractivity contribution in [3.05, 3.63) is 137 Å². The molecule has 0 radical (unpaired) electrons. The van der Waals surface area contributed by atoms with Crippen LogP contribution in [0.3, 0.4) is 0 Å². The highest BCUT2D eigenvalue weighted by molar-refractivity contribution is 6.02. The lowest BCUT2D eigenvalue weighted by Gasteiger charge is -2.40. The molecule has 1 aromatic heterocycles. The second-order valence-corrected chi connectivity index (χ2v) is 13.1. The molecule has 0 atom stereocenters. The molecule has 11 heteroatoms. The van der Waals surface area contributed by atoms with Gasteiger partial charge in [0.05, 0.1) is 18.3 Å². The van der Waals surface area contributed by atoms with Gasteiger partial charge < -0.3 is 15.5 Å². The van der Waals surface area contributed by atoms with Gasteiger partial charge in [0.2, 0.25) is 5.95 Å². The summed E-state index contributed by atoms with van der Waals surface area (Å²) >= 11 is 0. The molecule has 0 saturated carbocycles. The third-order valence-corrected chi connectivity index (χ3v) is 9.33. The minimum atomic E-state index is -0.898. The van der Waals surface area contributed by atoms with Gasteiger partial charge in [-0.3, -0.25) is 9.69 Å². The summed E-state index contributed by atoms with van der Waals surface area (Å²) in [5.41, 5.74) is 4.75. The quantitative estimate of drug-likeness (QED) is 0.168. The van der Waals surface area contributed by atoms with Crippen LogP contribution in [0.25, 0.3) is 11.3 Å². The topological polar surface area (TPSA) is 93.7 Å². The molecular weight excluding hydrogens is 673 g/mol. The number of aromatic nitrogens is 2. The van der Waals surface area contributed by atoms with E-state index in [1.54, 1.807) is 12.1 Å². The zero-order valence-electron chi connectivity index (χ0n) is 30.7. The first-order chi connectivity index (χ1) is 25.7. The van der Waals surface area contributed by atoms with E-state index in [0.29, 0.717) is 54.5 Å². The van der Waals surface area contributed by atoms with Crippen LogP contribution in [-0.4, -0.2) is 59.0 Å². The maximum absolute atomic E-state index is 15.3. The van der Waals surface area contributed by atoms with Crippen molar-refractivity contribution in [2.24, 2.45) is 0 Å². The first-order valence-corrected chi connectivity index (χ1v) is 18.1. The summed E-state index contributed by atoms with van der Waals surface area (Å²) in [5.74, 6) is -1.62. The molecule has 2 N–H and O–H groups in total. The van der Waals surface area contributed by atoms with Crippen LogP contribution in [0.2, 0.25) is 0 Å². The van der Waals surface area contributed by atoms with Crippen molar-refractivity contribution < 1.29 is 18.4 Å². The molecule has 2 aliphatic rings. The summed E-state index contributed by atoms with van der Waals surface area (Å²) < 4.78 is 30.6. The molecule has 5 aromatic rings. The van der Waals surface area contributed by atoms with Crippen LogP contribution >= 0.6 is 0 Å². The Labute approximate surface area is 309 Å². The number of anilines is 3. The number of carbonyl (C=O) groups excluding carboxylic acids is 2. The standard InChI is InChI=1S/C40H39F2N7O2.C2H6/c1-25(2)44-38(50)29-18-17-26(3)30(23-29)34-31-24-43-40(51)49(36-32(41)15-10-16-33(36)42)37(31)46-39(45-34)48-21-19-47(20-22-48)35(27-11-6-4-7-12-27)28-13-8-5-9-14-28;1-2/h4-18,23,25,35H,19-22,24H2,1-3H3,(H,43,51)(H,44,50);1-2H3. The van der Waals surface area contributed by atoms with Gasteiger partial charge in [0.25, 0.3) is 5.91 Å². The Morgan fingerprint density at radius 2 is 1.42 bits per heavy atom. The van der Waals surface area contributed by atoms with E-state index in [2.05, 4.69) is 39.8 Å². The van der Waals surface area contributed by atoms with Gasteiger partial charge in [-0.15, -0.1) is 0 Å². The maximum Gasteiger partial charge on any atom is 0.328 e. The van der Waals surface area contributed by atoms with Crippen molar-refractivity contribution in [2.75, 3.05) is 36.0 Å². The number of piperazine rings is 1. The van der Waals surface area contributed by atoms with Gasteiger partial charge in [0, 0.05) is 48.9 Å². The molecule has 0 spiro atoms. The lowest BCUT2D eigenvalue weighted by atomic mass is 9.96. The molecule has 2 aliphatic heterocycles. The molecule has 274 valence electrons. The van der Waals surface area contributed by atoms with Crippen molar-refractivity contribution in [2.45, 2.75) is 53.2 Å². The summed E-state index contributed by atoms with van der Waals surface area (Å²) in [6.45, 7) is 12.2. The fraction of sp³-hybridized carbons (Fsp3) is 0.286. The Bertz CT molecular complexity index is 2010. The van der Waals surface area contributed by atoms with Gasteiger partial charge >= 0.3 is 6.03 Å². The smallest absolute Gasteiger partial charge is 0.328 e. The van der Waals surface area contributed by atoms with Gasteiger partial charge in [0.15, 0.2) is 5.82 Å². The lowest BCUT2D eigenvalue weighted by Crippen LogP contribution is -2.49. The summed E-state index contributed by atoms with van der Waals surface area (Å²) in [6.07, 6.45) is 0. The number of nitrogens with zero attached hydrogens (tertiary/aromatic N) is 5. The van der Waals surface area contributed by atoms with Crippen molar-refractivity contribution in [1.82, 2.24) is 25.5 Å². The van der Waals surface area contributed by atoms with Gasteiger partial charge in [-0.05, 0) is 61.7 Å². The van der Waals surface area contributed by atoms with Crippen LogP contribution in [0.5, 0.6) is 0 Å². The molecule has 0 bridgehead atoms. The normalized spacial score (nSPS) is 14.4. The van der Waals surface area contributed by atoms with E-state index < -0.39 is 23.4 Å². The molecule has 3 amide bonds. The van der Waals surface area contributed by atoms with E-state index >= 15 is 8.78 Å². The van der Waals surface area contributed by atoms with E-state index in [9.17, 15) is 9.59 Å². The molecule has 7 rings (SSSR count). The van der Waals surface area contributed by atoms with Crippen LogP contribution in [0.4, 0.5) is 31.0 Å². The van der Waals surface area contributed by atoms with Gasteiger partial charge in [-0.1, -0.05) is 86.6 Å². The van der Waals surface area contributed by atoms with Crippen molar-refractivity contribution in [3.63, 3.8) is 0 Å². The first kappa shape index (κ1) is 37.1. The molecule has 9 nitrogen and oxygen atoms in total. The predicted molar refractivity (Wildman–Crippen MR) is 205 cm³/mol. The second-order valence-electron chi connectivity index (χ2n) is 13.1. The van der Waals surface area contributed by atoms with Crippen LogP contribution < -0.4 is 20.4 Å².